The Morgan fingerprint density at radius 2 is 2.33 bits per heavy atom. The second kappa shape index (κ2) is 5.55. The molecule has 0 heterocycles. The molecule has 0 bridgehead atoms. The number of rotatable bonds is 4. The molecule has 0 aliphatic heterocycles. The second-order valence-electron chi connectivity index (χ2n) is 3.76. The fraction of sp³-hybridized carbons (Fsp3) is 0.364. The SMILES string of the molecule is CB(O)NC(C)Cc1cccc(C#N)c1. The topological polar surface area (TPSA) is 56.0 Å². The minimum atomic E-state index is -0.501. The molecular weight excluding hydrogens is 187 g/mol. The molecule has 0 aliphatic carbocycles. The molecule has 0 radical (unpaired) electrons. The average Bonchev–Trinajstić information content (AvgIpc) is 2.16. The quantitative estimate of drug-likeness (QED) is 0.721. The molecule has 1 unspecified atom stereocenters. The Morgan fingerprint density at radius 3 is 2.93 bits per heavy atom. The fourth-order valence-electron chi connectivity index (χ4n) is 1.59. The van der Waals surface area contributed by atoms with Gasteiger partial charge in [-0.3, -0.25) is 0 Å². The second-order valence-corrected chi connectivity index (χ2v) is 3.76. The van der Waals surface area contributed by atoms with Crippen molar-refractivity contribution in [3.8, 4) is 6.07 Å². The van der Waals surface area contributed by atoms with Gasteiger partial charge in [-0.2, -0.15) is 5.26 Å². The van der Waals surface area contributed by atoms with Crippen molar-refractivity contribution in [2.45, 2.75) is 26.2 Å². The molecular formula is C11H15BN2O. The summed E-state index contributed by atoms with van der Waals surface area (Å²) >= 11 is 0. The van der Waals surface area contributed by atoms with Gasteiger partial charge in [0.05, 0.1) is 11.6 Å². The van der Waals surface area contributed by atoms with Crippen LogP contribution in [0, 0.1) is 11.3 Å². The number of nitrogens with zero attached hydrogens (tertiary/aromatic N) is 1. The Bertz CT molecular complexity index is 360. The minimum Gasteiger partial charge on any atom is -0.437 e. The van der Waals surface area contributed by atoms with Gasteiger partial charge >= 0.3 is 7.05 Å². The van der Waals surface area contributed by atoms with Crippen molar-refractivity contribution in [2.75, 3.05) is 0 Å². The van der Waals surface area contributed by atoms with E-state index in [1.807, 2.05) is 25.1 Å². The van der Waals surface area contributed by atoms with Crippen LogP contribution in [0.1, 0.15) is 18.1 Å². The van der Waals surface area contributed by atoms with Crippen molar-refractivity contribution < 1.29 is 5.02 Å². The first-order valence-electron chi connectivity index (χ1n) is 5.05. The van der Waals surface area contributed by atoms with Gasteiger partial charge in [-0.15, -0.1) is 0 Å². The van der Waals surface area contributed by atoms with Crippen molar-refractivity contribution in [1.29, 1.82) is 5.26 Å². The first-order valence-corrected chi connectivity index (χ1v) is 5.05. The molecule has 0 amide bonds. The van der Waals surface area contributed by atoms with Crippen LogP contribution in [0.2, 0.25) is 6.82 Å². The molecule has 1 aromatic carbocycles. The molecule has 0 saturated carbocycles. The van der Waals surface area contributed by atoms with Gasteiger partial charge in [-0.1, -0.05) is 19.1 Å². The van der Waals surface area contributed by atoms with Gasteiger partial charge in [0.1, 0.15) is 0 Å². The van der Waals surface area contributed by atoms with Crippen molar-refractivity contribution in [3.05, 3.63) is 35.4 Å². The Morgan fingerprint density at radius 1 is 1.60 bits per heavy atom. The first-order chi connectivity index (χ1) is 7.11. The maximum absolute atomic E-state index is 9.14. The van der Waals surface area contributed by atoms with Crippen LogP contribution in [-0.4, -0.2) is 18.1 Å². The van der Waals surface area contributed by atoms with Crippen molar-refractivity contribution >= 4 is 7.05 Å². The monoisotopic (exact) mass is 202 g/mol. The lowest BCUT2D eigenvalue weighted by molar-refractivity contribution is 0.526. The average molecular weight is 202 g/mol. The van der Waals surface area contributed by atoms with E-state index in [2.05, 4.69) is 11.3 Å². The van der Waals surface area contributed by atoms with E-state index in [1.54, 1.807) is 12.9 Å². The lowest BCUT2D eigenvalue weighted by Gasteiger charge is -2.14. The summed E-state index contributed by atoms with van der Waals surface area (Å²) in [7, 11) is -0.501. The summed E-state index contributed by atoms with van der Waals surface area (Å²) in [6.45, 7) is 3.70. The standard InChI is InChI=1S/C11H15BN2O/c1-9(14-12(2)15)6-10-4-3-5-11(7-10)8-13/h3-5,7,9,14-15H,6H2,1-2H3. The molecule has 4 heteroatoms. The van der Waals surface area contributed by atoms with Gasteiger partial charge in [0, 0.05) is 0 Å². The number of hydrogen-bond acceptors (Lipinski definition) is 3. The minimum absolute atomic E-state index is 0.193. The Balaban J connectivity index is 2.60. The van der Waals surface area contributed by atoms with E-state index >= 15 is 0 Å². The van der Waals surface area contributed by atoms with Gasteiger partial charge in [-0.05, 0) is 37.0 Å². The number of benzene rings is 1. The molecule has 3 nitrogen and oxygen atoms in total. The summed E-state index contributed by atoms with van der Waals surface area (Å²) in [5.41, 5.74) is 1.78. The Labute approximate surface area is 90.9 Å². The highest BCUT2D eigenvalue weighted by Gasteiger charge is 2.08. The fourth-order valence-corrected chi connectivity index (χ4v) is 1.59. The molecule has 2 N–H and O–H groups in total. The summed E-state index contributed by atoms with van der Waals surface area (Å²) in [5, 5.41) is 20.9. The first kappa shape index (κ1) is 11.8. The van der Waals surface area contributed by atoms with Gasteiger partial charge < -0.3 is 10.3 Å². The molecule has 0 spiro atoms. The third-order valence-electron chi connectivity index (χ3n) is 2.12. The van der Waals surface area contributed by atoms with E-state index in [0.29, 0.717) is 5.56 Å². The normalized spacial score (nSPS) is 11.9. The lowest BCUT2D eigenvalue weighted by Crippen LogP contribution is -2.39. The molecule has 0 aliphatic rings. The Hall–Kier alpha value is -1.31. The zero-order chi connectivity index (χ0) is 11.3. The Kier molecular flexibility index (Phi) is 4.35. The zero-order valence-electron chi connectivity index (χ0n) is 9.07. The predicted molar refractivity (Wildman–Crippen MR) is 61.3 cm³/mol. The number of nitrogens with one attached hydrogen (secondary N) is 1. The van der Waals surface area contributed by atoms with Crippen LogP contribution >= 0.6 is 0 Å². The van der Waals surface area contributed by atoms with Gasteiger partial charge in [0.25, 0.3) is 0 Å². The van der Waals surface area contributed by atoms with E-state index in [9.17, 15) is 0 Å². The largest absolute Gasteiger partial charge is 0.437 e. The highest BCUT2D eigenvalue weighted by molar-refractivity contribution is 6.45. The third kappa shape index (κ3) is 4.15. The van der Waals surface area contributed by atoms with E-state index < -0.39 is 7.05 Å². The molecule has 78 valence electrons. The van der Waals surface area contributed by atoms with Crippen LogP contribution in [-0.2, 0) is 6.42 Å². The van der Waals surface area contributed by atoms with E-state index in [4.69, 9.17) is 10.3 Å². The van der Waals surface area contributed by atoms with Crippen LogP contribution < -0.4 is 5.23 Å². The molecule has 1 atom stereocenters. The lowest BCUT2D eigenvalue weighted by atomic mass is 9.86. The predicted octanol–water partition coefficient (Wildman–Crippen LogP) is 1.19. The van der Waals surface area contributed by atoms with Gasteiger partial charge in [0.15, 0.2) is 0 Å². The zero-order valence-corrected chi connectivity index (χ0v) is 9.07. The van der Waals surface area contributed by atoms with Crippen LogP contribution in [0.3, 0.4) is 0 Å². The third-order valence-corrected chi connectivity index (χ3v) is 2.12. The molecule has 15 heavy (non-hydrogen) atoms. The van der Waals surface area contributed by atoms with Crippen LogP contribution in [0.4, 0.5) is 0 Å². The van der Waals surface area contributed by atoms with Crippen molar-refractivity contribution in [1.82, 2.24) is 5.23 Å². The molecule has 1 rings (SSSR count). The molecule has 0 aromatic heterocycles. The summed E-state index contributed by atoms with van der Waals surface area (Å²) in [6.07, 6.45) is 0.806. The van der Waals surface area contributed by atoms with Crippen LogP contribution in [0.15, 0.2) is 24.3 Å². The summed E-state index contributed by atoms with van der Waals surface area (Å²) < 4.78 is 0. The van der Waals surface area contributed by atoms with Gasteiger partial charge in [-0.25, -0.2) is 0 Å². The molecule has 0 fully saturated rings. The highest BCUT2D eigenvalue weighted by Crippen LogP contribution is 2.06. The maximum atomic E-state index is 9.14. The number of nitriles is 1. The summed E-state index contributed by atoms with van der Waals surface area (Å²) in [5.74, 6) is 0. The smallest absolute Gasteiger partial charge is 0.373 e. The van der Waals surface area contributed by atoms with E-state index in [1.165, 1.54) is 0 Å². The van der Waals surface area contributed by atoms with Gasteiger partial charge in [0.2, 0.25) is 0 Å². The molecule has 0 saturated heterocycles. The highest BCUT2D eigenvalue weighted by atomic mass is 16.2. The van der Waals surface area contributed by atoms with E-state index in [-0.39, 0.29) is 6.04 Å². The summed E-state index contributed by atoms with van der Waals surface area (Å²) in [6, 6.07) is 9.83. The molecule has 1 aromatic rings. The van der Waals surface area contributed by atoms with Crippen LogP contribution in [0.25, 0.3) is 0 Å². The van der Waals surface area contributed by atoms with Crippen molar-refractivity contribution in [3.63, 3.8) is 0 Å². The van der Waals surface area contributed by atoms with Crippen LogP contribution in [0.5, 0.6) is 0 Å². The summed E-state index contributed by atoms with van der Waals surface area (Å²) in [4.78, 5) is 0. The van der Waals surface area contributed by atoms with Crippen molar-refractivity contribution in [2.24, 2.45) is 0 Å². The van der Waals surface area contributed by atoms with E-state index in [0.717, 1.165) is 12.0 Å². The number of hydrogen-bond donors (Lipinski definition) is 2. The maximum Gasteiger partial charge on any atom is 0.373 e.